The van der Waals surface area contributed by atoms with E-state index in [1.807, 2.05) is 67.8 Å². The fourth-order valence-electron chi connectivity index (χ4n) is 2.90. The molecule has 4 aromatic rings. The number of rotatable bonds is 6. The molecule has 2 heterocycles. The first-order valence-electron chi connectivity index (χ1n) is 9.26. The molecule has 0 aliphatic heterocycles. The van der Waals surface area contributed by atoms with Crippen LogP contribution in [0.3, 0.4) is 0 Å². The third-order valence-electron chi connectivity index (χ3n) is 4.24. The van der Waals surface area contributed by atoms with Gasteiger partial charge in [0.25, 0.3) is 5.91 Å². The Balaban J connectivity index is 1.59. The molecule has 0 fully saturated rings. The Kier molecular flexibility index (Phi) is 5.39. The van der Waals surface area contributed by atoms with E-state index >= 15 is 0 Å². The number of nitrogens with one attached hydrogen (secondary N) is 1. The van der Waals surface area contributed by atoms with Gasteiger partial charge < -0.3 is 10.1 Å². The van der Waals surface area contributed by atoms with Crippen LogP contribution in [0.2, 0.25) is 0 Å². The molecule has 0 atom stereocenters. The van der Waals surface area contributed by atoms with Gasteiger partial charge in [-0.25, -0.2) is 4.98 Å². The molecule has 29 heavy (non-hydrogen) atoms. The summed E-state index contributed by atoms with van der Waals surface area (Å²) in [7, 11) is 0. The van der Waals surface area contributed by atoms with Gasteiger partial charge in [0.1, 0.15) is 11.6 Å². The highest BCUT2D eigenvalue weighted by Crippen LogP contribution is 2.27. The predicted octanol–water partition coefficient (Wildman–Crippen LogP) is 4.96. The number of ether oxygens (including phenoxy) is 1. The molecule has 0 saturated carbocycles. The van der Waals surface area contributed by atoms with Gasteiger partial charge in [0.15, 0.2) is 0 Å². The lowest BCUT2D eigenvalue weighted by Gasteiger charge is -2.06. The third-order valence-corrected chi connectivity index (χ3v) is 5.06. The SMILES string of the molecule is CCOc1ccc(-c2csc(-n3nc(C)cc3NC(=O)c3ccccc3)n2)cc1. The van der Waals surface area contributed by atoms with Gasteiger partial charge in [0.2, 0.25) is 5.13 Å². The molecule has 2 aromatic heterocycles. The molecule has 1 amide bonds. The minimum absolute atomic E-state index is 0.185. The van der Waals surface area contributed by atoms with Crippen LogP contribution >= 0.6 is 11.3 Å². The molecule has 146 valence electrons. The molecule has 0 saturated heterocycles. The van der Waals surface area contributed by atoms with Crippen LogP contribution in [0.15, 0.2) is 66.0 Å². The van der Waals surface area contributed by atoms with Gasteiger partial charge in [-0.05, 0) is 50.2 Å². The average Bonchev–Trinajstić information content (AvgIpc) is 3.36. The van der Waals surface area contributed by atoms with Crippen molar-refractivity contribution in [2.45, 2.75) is 13.8 Å². The van der Waals surface area contributed by atoms with Gasteiger partial charge in [-0.3, -0.25) is 4.79 Å². The van der Waals surface area contributed by atoms with E-state index in [-0.39, 0.29) is 5.91 Å². The molecule has 0 bridgehead atoms. The first-order valence-corrected chi connectivity index (χ1v) is 10.1. The summed E-state index contributed by atoms with van der Waals surface area (Å²) in [6.45, 7) is 4.48. The number of anilines is 1. The number of benzene rings is 2. The maximum absolute atomic E-state index is 12.5. The molecule has 0 spiro atoms. The van der Waals surface area contributed by atoms with Gasteiger partial charge in [0, 0.05) is 22.6 Å². The Morgan fingerprint density at radius 3 is 2.62 bits per heavy atom. The highest BCUT2D eigenvalue weighted by molar-refractivity contribution is 7.12. The summed E-state index contributed by atoms with van der Waals surface area (Å²) in [6.07, 6.45) is 0. The summed E-state index contributed by atoms with van der Waals surface area (Å²) in [5.74, 6) is 1.24. The summed E-state index contributed by atoms with van der Waals surface area (Å²) in [5.41, 5.74) is 3.23. The van der Waals surface area contributed by atoms with Crippen molar-refractivity contribution in [3.05, 3.63) is 77.3 Å². The minimum Gasteiger partial charge on any atom is -0.494 e. The Bertz CT molecular complexity index is 1120. The maximum Gasteiger partial charge on any atom is 0.256 e. The van der Waals surface area contributed by atoms with Crippen molar-refractivity contribution in [2.75, 3.05) is 11.9 Å². The molecule has 0 radical (unpaired) electrons. The van der Waals surface area contributed by atoms with Crippen LogP contribution < -0.4 is 10.1 Å². The van der Waals surface area contributed by atoms with Gasteiger partial charge in [0.05, 0.1) is 18.0 Å². The van der Waals surface area contributed by atoms with Crippen LogP contribution in [0.1, 0.15) is 23.0 Å². The fraction of sp³-hybridized carbons (Fsp3) is 0.136. The van der Waals surface area contributed by atoms with E-state index in [2.05, 4.69) is 10.4 Å². The van der Waals surface area contributed by atoms with E-state index in [0.717, 1.165) is 22.7 Å². The Labute approximate surface area is 172 Å². The van der Waals surface area contributed by atoms with E-state index in [1.54, 1.807) is 16.8 Å². The van der Waals surface area contributed by atoms with Crippen LogP contribution in [0.4, 0.5) is 5.82 Å². The van der Waals surface area contributed by atoms with E-state index in [1.165, 1.54) is 11.3 Å². The quantitative estimate of drug-likeness (QED) is 0.493. The lowest BCUT2D eigenvalue weighted by atomic mass is 10.2. The molecule has 6 nitrogen and oxygen atoms in total. The molecule has 7 heteroatoms. The molecular weight excluding hydrogens is 384 g/mol. The van der Waals surface area contributed by atoms with Crippen molar-refractivity contribution in [2.24, 2.45) is 0 Å². The second kappa shape index (κ2) is 8.28. The Morgan fingerprint density at radius 1 is 1.14 bits per heavy atom. The highest BCUT2D eigenvalue weighted by Gasteiger charge is 2.15. The monoisotopic (exact) mass is 404 g/mol. The summed E-state index contributed by atoms with van der Waals surface area (Å²) in [4.78, 5) is 17.2. The van der Waals surface area contributed by atoms with E-state index in [4.69, 9.17) is 9.72 Å². The second-order valence-electron chi connectivity index (χ2n) is 6.38. The standard InChI is InChI=1S/C22H20N4O2S/c1-3-28-18-11-9-16(10-12-18)19-14-29-22(23-19)26-20(13-15(2)25-26)24-21(27)17-7-5-4-6-8-17/h4-14H,3H2,1-2H3,(H,24,27). The lowest BCUT2D eigenvalue weighted by Crippen LogP contribution is -2.14. The normalized spacial score (nSPS) is 10.7. The number of hydrogen-bond acceptors (Lipinski definition) is 5. The van der Waals surface area contributed by atoms with Crippen LogP contribution in [0, 0.1) is 6.92 Å². The summed E-state index contributed by atoms with van der Waals surface area (Å²) < 4.78 is 7.16. The minimum atomic E-state index is -0.185. The topological polar surface area (TPSA) is 69.0 Å². The summed E-state index contributed by atoms with van der Waals surface area (Å²) in [6, 6.07) is 18.8. The number of aromatic nitrogens is 3. The zero-order valence-electron chi connectivity index (χ0n) is 16.1. The van der Waals surface area contributed by atoms with Crippen LogP contribution in [-0.2, 0) is 0 Å². The maximum atomic E-state index is 12.5. The lowest BCUT2D eigenvalue weighted by molar-refractivity contribution is 0.102. The zero-order chi connectivity index (χ0) is 20.2. The number of aryl methyl sites for hydroxylation is 1. The second-order valence-corrected chi connectivity index (χ2v) is 7.21. The zero-order valence-corrected chi connectivity index (χ0v) is 16.9. The first kappa shape index (κ1) is 18.9. The van der Waals surface area contributed by atoms with Crippen molar-refractivity contribution < 1.29 is 9.53 Å². The van der Waals surface area contributed by atoms with Gasteiger partial charge in [-0.15, -0.1) is 11.3 Å². The number of thiazole rings is 1. The van der Waals surface area contributed by atoms with E-state index in [0.29, 0.717) is 23.1 Å². The average molecular weight is 404 g/mol. The van der Waals surface area contributed by atoms with E-state index < -0.39 is 0 Å². The van der Waals surface area contributed by atoms with Crippen molar-refractivity contribution in [3.8, 4) is 22.1 Å². The molecule has 0 aliphatic rings. The van der Waals surface area contributed by atoms with Gasteiger partial charge in [-0.1, -0.05) is 18.2 Å². The number of carbonyl (C=O) groups excluding carboxylic acids is 1. The number of amides is 1. The molecule has 0 aliphatic carbocycles. The Morgan fingerprint density at radius 2 is 1.90 bits per heavy atom. The first-order chi connectivity index (χ1) is 14.1. The van der Waals surface area contributed by atoms with Crippen molar-refractivity contribution in [1.29, 1.82) is 0 Å². The predicted molar refractivity (Wildman–Crippen MR) is 115 cm³/mol. The van der Waals surface area contributed by atoms with E-state index in [9.17, 15) is 4.79 Å². The van der Waals surface area contributed by atoms with Crippen molar-refractivity contribution in [3.63, 3.8) is 0 Å². The molecule has 4 rings (SSSR count). The molecular formula is C22H20N4O2S. The highest BCUT2D eigenvalue weighted by atomic mass is 32.1. The van der Waals surface area contributed by atoms with Crippen molar-refractivity contribution >= 4 is 23.1 Å². The van der Waals surface area contributed by atoms with Crippen LogP contribution in [0.25, 0.3) is 16.4 Å². The van der Waals surface area contributed by atoms with Crippen molar-refractivity contribution in [1.82, 2.24) is 14.8 Å². The van der Waals surface area contributed by atoms with Crippen LogP contribution in [0.5, 0.6) is 5.75 Å². The Hall–Kier alpha value is -3.45. The number of hydrogen-bond donors (Lipinski definition) is 1. The number of nitrogens with zero attached hydrogens (tertiary/aromatic N) is 3. The summed E-state index contributed by atoms with van der Waals surface area (Å²) >= 11 is 1.47. The molecule has 0 unspecified atom stereocenters. The summed E-state index contributed by atoms with van der Waals surface area (Å²) in [5, 5.41) is 10.1. The van der Waals surface area contributed by atoms with Gasteiger partial charge in [-0.2, -0.15) is 9.78 Å². The third kappa shape index (κ3) is 4.20. The molecule has 1 N–H and O–H groups in total. The molecule has 2 aromatic carbocycles. The number of carbonyl (C=O) groups is 1. The largest absolute Gasteiger partial charge is 0.494 e. The fourth-order valence-corrected chi connectivity index (χ4v) is 3.69. The van der Waals surface area contributed by atoms with Gasteiger partial charge >= 0.3 is 0 Å². The van der Waals surface area contributed by atoms with Crippen LogP contribution in [-0.4, -0.2) is 27.3 Å². The smallest absolute Gasteiger partial charge is 0.256 e.